The van der Waals surface area contributed by atoms with Crippen molar-refractivity contribution in [2.75, 3.05) is 6.61 Å². The van der Waals surface area contributed by atoms with E-state index in [4.69, 9.17) is 16.3 Å². The number of ether oxygens (including phenoxy) is 1. The van der Waals surface area contributed by atoms with Crippen molar-refractivity contribution in [1.29, 1.82) is 0 Å². The fourth-order valence-electron chi connectivity index (χ4n) is 1.01. The summed E-state index contributed by atoms with van der Waals surface area (Å²) in [6.45, 7) is 3.85. The Bertz CT molecular complexity index is 325. The van der Waals surface area contributed by atoms with Crippen LogP contribution >= 0.6 is 11.6 Å². The van der Waals surface area contributed by atoms with Crippen LogP contribution in [0.3, 0.4) is 0 Å². The number of rotatable bonds is 4. The van der Waals surface area contributed by atoms with Gasteiger partial charge in [0.2, 0.25) is 0 Å². The molecule has 0 amide bonds. The monoisotopic (exact) mass is 292 g/mol. The zero-order valence-corrected chi connectivity index (χ0v) is 11.2. The molecule has 0 fully saturated rings. The maximum absolute atomic E-state index is 11.5. The number of benzene rings is 1. The summed E-state index contributed by atoms with van der Waals surface area (Å²) in [6, 6.07) is 9.76. The molecule has 0 bridgehead atoms. The quantitative estimate of drug-likeness (QED) is 0.478. The SMILES string of the molecule is CCOC(=O)C(C)(Cl)[Se]c1ccccc1. The predicted octanol–water partition coefficient (Wildman–Crippen LogP) is 1.53. The van der Waals surface area contributed by atoms with Crippen molar-refractivity contribution in [1.82, 2.24) is 0 Å². The third kappa shape index (κ3) is 3.86. The first kappa shape index (κ1) is 12.6. The van der Waals surface area contributed by atoms with Crippen molar-refractivity contribution >= 4 is 37.0 Å². The first-order chi connectivity index (χ1) is 7.06. The Morgan fingerprint density at radius 3 is 2.60 bits per heavy atom. The van der Waals surface area contributed by atoms with Crippen molar-refractivity contribution in [3.05, 3.63) is 30.3 Å². The Labute approximate surface area is 101 Å². The molecule has 1 unspecified atom stereocenters. The molecule has 0 aliphatic heterocycles. The number of esters is 1. The molecule has 1 aromatic carbocycles. The summed E-state index contributed by atoms with van der Waals surface area (Å²) in [6.07, 6.45) is 0. The van der Waals surface area contributed by atoms with Gasteiger partial charge in [0.05, 0.1) is 0 Å². The van der Waals surface area contributed by atoms with Gasteiger partial charge >= 0.3 is 101 Å². The number of hydrogen-bond donors (Lipinski definition) is 0. The van der Waals surface area contributed by atoms with E-state index in [2.05, 4.69) is 0 Å². The summed E-state index contributed by atoms with van der Waals surface area (Å²) in [5.41, 5.74) is 0. The molecule has 0 saturated carbocycles. The molecule has 0 aliphatic carbocycles. The van der Waals surface area contributed by atoms with E-state index >= 15 is 0 Å². The Balaban J connectivity index is 2.68. The molecule has 2 nitrogen and oxygen atoms in total. The summed E-state index contributed by atoms with van der Waals surface area (Å²) in [4.78, 5) is 11.5. The molecule has 0 aromatic heterocycles. The topological polar surface area (TPSA) is 26.3 Å². The predicted molar refractivity (Wildman–Crippen MR) is 62.7 cm³/mol. The third-order valence-electron chi connectivity index (χ3n) is 1.69. The van der Waals surface area contributed by atoms with Crippen LogP contribution in [0, 0.1) is 0 Å². The Kier molecular flexibility index (Phi) is 4.65. The van der Waals surface area contributed by atoms with Gasteiger partial charge in [-0.05, 0) is 0 Å². The molecule has 15 heavy (non-hydrogen) atoms. The van der Waals surface area contributed by atoms with Crippen LogP contribution in [0.15, 0.2) is 30.3 Å². The zero-order valence-electron chi connectivity index (χ0n) is 8.70. The van der Waals surface area contributed by atoms with Gasteiger partial charge in [-0.25, -0.2) is 0 Å². The molecule has 1 rings (SSSR count). The Morgan fingerprint density at radius 1 is 1.47 bits per heavy atom. The molecule has 1 aromatic rings. The first-order valence-corrected chi connectivity index (χ1v) is 6.75. The van der Waals surface area contributed by atoms with E-state index in [0.717, 1.165) is 4.46 Å². The van der Waals surface area contributed by atoms with Crippen molar-refractivity contribution in [2.45, 2.75) is 17.6 Å². The molecule has 0 radical (unpaired) electrons. The normalized spacial score (nSPS) is 14.3. The summed E-state index contributed by atoms with van der Waals surface area (Å²) in [7, 11) is 0. The second-order valence-corrected chi connectivity index (χ2v) is 7.45. The van der Waals surface area contributed by atoms with E-state index < -0.39 is 3.77 Å². The fourth-order valence-corrected chi connectivity index (χ4v) is 3.37. The van der Waals surface area contributed by atoms with E-state index in [0.29, 0.717) is 6.61 Å². The zero-order chi connectivity index (χ0) is 11.3. The third-order valence-corrected chi connectivity index (χ3v) is 4.47. The average Bonchev–Trinajstić information content (AvgIpc) is 2.19. The standard InChI is InChI=1S/C11H13ClO2Se/c1-3-14-10(13)11(2,12)15-9-7-5-4-6-8-9/h4-8H,3H2,1-2H3. The first-order valence-electron chi connectivity index (χ1n) is 4.66. The maximum atomic E-state index is 11.5. The summed E-state index contributed by atoms with van der Waals surface area (Å²) in [5, 5.41) is 0. The molecule has 1 atom stereocenters. The van der Waals surface area contributed by atoms with Crippen LogP contribution < -0.4 is 4.46 Å². The van der Waals surface area contributed by atoms with Crippen molar-refractivity contribution in [2.24, 2.45) is 0 Å². The van der Waals surface area contributed by atoms with Gasteiger partial charge in [0.15, 0.2) is 0 Å². The van der Waals surface area contributed by atoms with Gasteiger partial charge in [-0.1, -0.05) is 0 Å². The summed E-state index contributed by atoms with van der Waals surface area (Å²) < 4.78 is 5.10. The Hall–Kier alpha value is -0.501. The molecule has 82 valence electrons. The second kappa shape index (κ2) is 5.55. The van der Waals surface area contributed by atoms with Gasteiger partial charge in [0.1, 0.15) is 0 Å². The van der Waals surface area contributed by atoms with Gasteiger partial charge < -0.3 is 0 Å². The molecule has 4 heteroatoms. The number of hydrogen-bond acceptors (Lipinski definition) is 2. The molecule has 0 spiro atoms. The Morgan fingerprint density at radius 2 is 2.07 bits per heavy atom. The number of alkyl halides is 1. The minimum atomic E-state index is -0.912. The summed E-state index contributed by atoms with van der Waals surface area (Å²) in [5.74, 6) is -0.337. The molecule has 0 heterocycles. The van der Waals surface area contributed by atoms with Crippen LogP contribution in [-0.2, 0) is 9.53 Å². The van der Waals surface area contributed by atoms with E-state index in [9.17, 15) is 4.79 Å². The summed E-state index contributed by atoms with van der Waals surface area (Å²) >= 11 is 6.03. The van der Waals surface area contributed by atoms with E-state index in [1.807, 2.05) is 30.3 Å². The van der Waals surface area contributed by atoms with Gasteiger partial charge in [-0.3, -0.25) is 0 Å². The second-order valence-electron chi connectivity index (χ2n) is 3.05. The number of carbonyl (C=O) groups excluding carboxylic acids is 1. The van der Waals surface area contributed by atoms with Crippen LogP contribution in [0.1, 0.15) is 13.8 Å². The molecule has 0 aliphatic rings. The van der Waals surface area contributed by atoms with Crippen LogP contribution in [0.25, 0.3) is 0 Å². The van der Waals surface area contributed by atoms with Crippen molar-refractivity contribution < 1.29 is 9.53 Å². The van der Waals surface area contributed by atoms with Crippen LogP contribution in [0.5, 0.6) is 0 Å². The minimum absolute atomic E-state index is 0.123. The van der Waals surface area contributed by atoms with Crippen molar-refractivity contribution in [3.8, 4) is 0 Å². The molecular weight excluding hydrogens is 279 g/mol. The van der Waals surface area contributed by atoms with Gasteiger partial charge in [0, 0.05) is 0 Å². The van der Waals surface area contributed by atoms with Crippen LogP contribution in [0.4, 0.5) is 0 Å². The number of carbonyl (C=O) groups is 1. The molecule has 0 saturated heterocycles. The molecular formula is C11H13ClO2Se. The number of halogens is 1. The molecule has 0 N–H and O–H groups in total. The van der Waals surface area contributed by atoms with Crippen molar-refractivity contribution in [3.63, 3.8) is 0 Å². The fraction of sp³-hybridized carbons (Fsp3) is 0.364. The van der Waals surface area contributed by atoms with Crippen LogP contribution in [-0.4, -0.2) is 31.3 Å². The van der Waals surface area contributed by atoms with Crippen LogP contribution in [0.2, 0.25) is 0 Å². The van der Waals surface area contributed by atoms with Gasteiger partial charge in [0.25, 0.3) is 0 Å². The van der Waals surface area contributed by atoms with E-state index in [1.165, 1.54) is 0 Å². The van der Waals surface area contributed by atoms with Gasteiger partial charge in [-0.15, -0.1) is 0 Å². The van der Waals surface area contributed by atoms with E-state index in [1.54, 1.807) is 13.8 Å². The average molecular weight is 292 g/mol. The van der Waals surface area contributed by atoms with Gasteiger partial charge in [-0.2, -0.15) is 0 Å². The van der Waals surface area contributed by atoms with E-state index in [-0.39, 0.29) is 20.9 Å².